The molecule has 4 rings (SSSR count). The third-order valence-corrected chi connectivity index (χ3v) is 6.25. The average Bonchev–Trinajstić information content (AvgIpc) is 3.39. The molecule has 7 heteroatoms. The lowest BCUT2D eigenvalue weighted by Gasteiger charge is -2.17. The van der Waals surface area contributed by atoms with Gasteiger partial charge in [0.25, 0.3) is 5.91 Å². The third kappa shape index (κ3) is 4.21. The fraction of sp³-hybridized carbons (Fsp3) is 0.304. The Labute approximate surface area is 180 Å². The topological polar surface area (TPSA) is 45.1 Å². The maximum atomic E-state index is 14.7. The summed E-state index contributed by atoms with van der Waals surface area (Å²) in [7, 11) is 1.61. The van der Waals surface area contributed by atoms with Crippen LogP contribution in [0.1, 0.15) is 25.3 Å². The maximum absolute atomic E-state index is 14.7. The van der Waals surface area contributed by atoms with Crippen LogP contribution in [0.5, 0.6) is 5.75 Å². The van der Waals surface area contributed by atoms with Gasteiger partial charge in [-0.1, -0.05) is 0 Å². The van der Waals surface area contributed by atoms with E-state index < -0.39 is 0 Å². The Hall–Kier alpha value is -2.80. The van der Waals surface area contributed by atoms with Crippen LogP contribution in [0.3, 0.4) is 0 Å². The molecule has 0 N–H and O–H groups in total. The van der Waals surface area contributed by atoms with Gasteiger partial charge >= 0.3 is 0 Å². The second-order valence-electron chi connectivity index (χ2n) is 7.15. The summed E-state index contributed by atoms with van der Waals surface area (Å²) in [6.45, 7) is 4.32. The number of anilines is 1. The van der Waals surface area contributed by atoms with Crippen LogP contribution in [-0.2, 0) is 4.79 Å². The standard InChI is InChI=1S/C23H24FN3O2S/c1-3-27-22(28)21(30-23(27)25-17-7-10-19(29-2)11-8-17)14-16-6-9-18(15-20(16)24)26-12-4-5-13-26/h6-11,14-15H,3-5,12-13H2,1-2H3/b21-14+,25-23?. The van der Waals surface area contributed by atoms with E-state index in [9.17, 15) is 9.18 Å². The van der Waals surface area contributed by atoms with Crippen LogP contribution in [0.4, 0.5) is 15.8 Å². The third-order valence-electron chi connectivity index (χ3n) is 5.24. The number of nitrogens with zero attached hydrogens (tertiary/aromatic N) is 3. The molecular weight excluding hydrogens is 401 g/mol. The molecule has 0 atom stereocenters. The smallest absolute Gasteiger partial charge is 0.266 e. The number of carbonyl (C=O) groups excluding carboxylic acids is 1. The molecule has 0 radical (unpaired) electrons. The first-order chi connectivity index (χ1) is 14.6. The quantitative estimate of drug-likeness (QED) is 0.629. The van der Waals surface area contributed by atoms with Crippen molar-refractivity contribution in [2.24, 2.45) is 4.99 Å². The SMILES string of the molecule is CCN1C(=O)/C(=C\c2ccc(N3CCCC3)cc2F)SC1=Nc1ccc(OC)cc1. The number of hydrogen-bond acceptors (Lipinski definition) is 5. The van der Waals surface area contributed by atoms with Crippen LogP contribution in [0.2, 0.25) is 0 Å². The Bertz CT molecular complexity index is 998. The monoisotopic (exact) mass is 425 g/mol. The predicted molar refractivity (Wildman–Crippen MR) is 121 cm³/mol. The molecule has 156 valence electrons. The number of rotatable bonds is 5. The van der Waals surface area contributed by atoms with Gasteiger partial charge in [-0.2, -0.15) is 0 Å². The Morgan fingerprint density at radius 2 is 1.90 bits per heavy atom. The zero-order valence-electron chi connectivity index (χ0n) is 17.1. The van der Waals surface area contributed by atoms with E-state index in [0.29, 0.717) is 22.2 Å². The number of ether oxygens (including phenoxy) is 1. The molecule has 2 saturated heterocycles. The summed E-state index contributed by atoms with van der Waals surface area (Å²) < 4.78 is 19.9. The first-order valence-corrected chi connectivity index (χ1v) is 10.9. The Morgan fingerprint density at radius 3 is 2.53 bits per heavy atom. The van der Waals surface area contributed by atoms with E-state index in [0.717, 1.165) is 43.1 Å². The lowest BCUT2D eigenvalue weighted by atomic mass is 10.1. The molecule has 0 aliphatic carbocycles. The van der Waals surface area contributed by atoms with Crippen LogP contribution >= 0.6 is 11.8 Å². The highest BCUT2D eigenvalue weighted by Crippen LogP contribution is 2.35. The predicted octanol–water partition coefficient (Wildman–Crippen LogP) is 5.06. The van der Waals surface area contributed by atoms with Crippen molar-refractivity contribution in [2.75, 3.05) is 31.6 Å². The van der Waals surface area contributed by atoms with Crippen LogP contribution in [-0.4, -0.2) is 42.7 Å². The van der Waals surface area contributed by atoms with Crippen molar-refractivity contribution in [1.82, 2.24) is 4.90 Å². The zero-order valence-corrected chi connectivity index (χ0v) is 17.9. The van der Waals surface area contributed by atoms with Gasteiger partial charge in [0.1, 0.15) is 11.6 Å². The molecule has 2 aliphatic heterocycles. The second kappa shape index (κ2) is 8.92. The summed E-state index contributed by atoms with van der Waals surface area (Å²) in [5, 5.41) is 0.591. The van der Waals surface area contributed by atoms with Crippen molar-refractivity contribution in [2.45, 2.75) is 19.8 Å². The summed E-state index contributed by atoms with van der Waals surface area (Å²) in [5.74, 6) is 0.275. The van der Waals surface area contributed by atoms with Crippen molar-refractivity contribution in [3.05, 3.63) is 58.8 Å². The minimum Gasteiger partial charge on any atom is -0.497 e. The molecule has 0 aromatic heterocycles. The van der Waals surface area contributed by atoms with E-state index in [1.807, 2.05) is 37.3 Å². The number of amidine groups is 1. The fourth-order valence-electron chi connectivity index (χ4n) is 3.58. The summed E-state index contributed by atoms with van der Waals surface area (Å²) in [5.41, 5.74) is 2.04. The van der Waals surface area contributed by atoms with E-state index in [1.54, 1.807) is 30.2 Å². The number of thioether (sulfide) groups is 1. The van der Waals surface area contributed by atoms with Crippen LogP contribution in [0.15, 0.2) is 52.4 Å². The molecule has 2 aliphatic rings. The number of hydrogen-bond donors (Lipinski definition) is 0. The average molecular weight is 426 g/mol. The van der Waals surface area contributed by atoms with E-state index >= 15 is 0 Å². The molecule has 0 spiro atoms. The number of halogens is 1. The lowest BCUT2D eigenvalue weighted by molar-refractivity contribution is -0.122. The number of likely N-dealkylation sites (N-methyl/N-ethyl adjacent to an activating group) is 1. The number of carbonyl (C=O) groups is 1. The molecule has 5 nitrogen and oxygen atoms in total. The van der Waals surface area contributed by atoms with Gasteiger partial charge in [-0.25, -0.2) is 9.38 Å². The highest BCUT2D eigenvalue weighted by atomic mass is 32.2. The molecular formula is C23H24FN3O2S. The van der Waals surface area contributed by atoms with Gasteiger partial charge in [0.15, 0.2) is 5.17 Å². The molecule has 2 aromatic rings. The van der Waals surface area contributed by atoms with Crippen LogP contribution in [0, 0.1) is 5.82 Å². The van der Waals surface area contributed by atoms with Gasteiger partial charge in [0.2, 0.25) is 0 Å². The Morgan fingerprint density at radius 1 is 1.17 bits per heavy atom. The summed E-state index contributed by atoms with van der Waals surface area (Å²) in [4.78, 5) is 21.7. The van der Waals surface area contributed by atoms with E-state index in [2.05, 4.69) is 9.89 Å². The largest absolute Gasteiger partial charge is 0.497 e. The minimum absolute atomic E-state index is 0.155. The fourth-order valence-corrected chi connectivity index (χ4v) is 4.64. The summed E-state index contributed by atoms with van der Waals surface area (Å²) >= 11 is 1.27. The van der Waals surface area contributed by atoms with Gasteiger partial charge in [0.05, 0.1) is 17.7 Å². The first kappa shape index (κ1) is 20.5. The van der Waals surface area contributed by atoms with E-state index in [4.69, 9.17) is 4.74 Å². The number of aliphatic imine (C=N–C) groups is 1. The highest BCUT2D eigenvalue weighted by Gasteiger charge is 2.32. The van der Waals surface area contributed by atoms with E-state index in [-0.39, 0.29) is 11.7 Å². The second-order valence-corrected chi connectivity index (χ2v) is 8.16. The van der Waals surface area contributed by atoms with E-state index in [1.165, 1.54) is 11.8 Å². The van der Waals surface area contributed by atoms with Crippen molar-refractivity contribution in [1.29, 1.82) is 0 Å². The number of benzene rings is 2. The van der Waals surface area contributed by atoms with Crippen LogP contribution < -0.4 is 9.64 Å². The maximum Gasteiger partial charge on any atom is 0.266 e. The van der Waals surface area contributed by atoms with Crippen molar-refractivity contribution >= 4 is 40.3 Å². The highest BCUT2D eigenvalue weighted by molar-refractivity contribution is 8.18. The molecule has 2 heterocycles. The normalized spacial score (nSPS) is 19.4. The molecule has 0 saturated carbocycles. The van der Waals surface area contributed by atoms with Crippen molar-refractivity contribution in [3.63, 3.8) is 0 Å². The Balaban J connectivity index is 1.58. The van der Waals surface area contributed by atoms with Crippen LogP contribution in [0.25, 0.3) is 6.08 Å². The molecule has 30 heavy (non-hydrogen) atoms. The molecule has 2 fully saturated rings. The van der Waals surface area contributed by atoms with Crippen molar-refractivity contribution < 1.29 is 13.9 Å². The lowest BCUT2D eigenvalue weighted by Crippen LogP contribution is -2.28. The molecule has 0 unspecified atom stereocenters. The first-order valence-electron chi connectivity index (χ1n) is 10.1. The van der Waals surface area contributed by atoms with Gasteiger partial charge in [-0.15, -0.1) is 0 Å². The minimum atomic E-state index is -0.316. The summed E-state index contributed by atoms with van der Waals surface area (Å²) in [6, 6.07) is 12.6. The van der Waals surface area contributed by atoms with Gasteiger partial charge in [-0.3, -0.25) is 9.69 Å². The Kier molecular flexibility index (Phi) is 6.08. The van der Waals surface area contributed by atoms with Crippen molar-refractivity contribution in [3.8, 4) is 5.75 Å². The molecule has 0 bridgehead atoms. The van der Waals surface area contributed by atoms with Gasteiger partial charge < -0.3 is 9.64 Å². The molecule has 1 amide bonds. The number of amides is 1. The summed E-state index contributed by atoms with van der Waals surface area (Å²) in [6.07, 6.45) is 3.90. The van der Waals surface area contributed by atoms with Gasteiger partial charge in [-0.05, 0) is 80.1 Å². The number of methoxy groups -OCH3 is 1. The molecule has 2 aromatic carbocycles. The zero-order chi connectivity index (χ0) is 21.1. The van der Waals surface area contributed by atoms with Gasteiger partial charge in [0, 0.05) is 30.9 Å².